The maximum Gasteiger partial charge on any atom is 0.254 e. The van der Waals surface area contributed by atoms with Crippen molar-refractivity contribution < 1.29 is 5.11 Å². The van der Waals surface area contributed by atoms with E-state index >= 15 is 0 Å². The first kappa shape index (κ1) is 18.5. The molecule has 1 atom stereocenters. The summed E-state index contributed by atoms with van der Waals surface area (Å²) in [5, 5.41) is 10.1. The highest BCUT2D eigenvalue weighted by atomic mass is 16.3. The lowest BCUT2D eigenvalue weighted by molar-refractivity contribution is 0.477. The third-order valence-electron chi connectivity index (χ3n) is 4.59. The first-order valence-corrected chi connectivity index (χ1v) is 8.83. The monoisotopic (exact) mass is 361 g/mol. The number of rotatable bonds is 5. The van der Waals surface area contributed by atoms with Gasteiger partial charge in [0.1, 0.15) is 5.75 Å². The van der Waals surface area contributed by atoms with E-state index in [0.29, 0.717) is 12.1 Å². The van der Waals surface area contributed by atoms with Gasteiger partial charge in [-0.3, -0.25) is 9.36 Å². The molecule has 5 heteroatoms. The smallest absolute Gasteiger partial charge is 0.254 e. The SMILES string of the molecule is C/C=C/[C@@H](Cc1cccc(-c2ccccc2O)c1)c1cc(=O)n(C)c(N)n1. The summed E-state index contributed by atoms with van der Waals surface area (Å²) in [7, 11) is 1.61. The van der Waals surface area contributed by atoms with Crippen molar-refractivity contribution in [2.75, 3.05) is 5.73 Å². The maximum atomic E-state index is 12.1. The number of phenols is 1. The molecule has 0 aliphatic rings. The number of para-hydroxylation sites is 1. The highest BCUT2D eigenvalue weighted by molar-refractivity contribution is 5.70. The molecule has 0 aliphatic heterocycles. The third kappa shape index (κ3) is 4.08. The zero-order valence-electron chi connectivity index (χ0n) is 15.5. The fraction of sp³-hybridized carbons (Fsp3) is 0.182. The topological polar surface area (TPSA) is 81.1 Å². The Morgan fingerprint density at radius 3 is 2.67 bits per heavy atom. The van der Waals surface area contributed by atoms with Crippen LogP contribution in [0.4, 0.5) is 5.95 Å². The van der Waals surface area contributed by atoms with E-state index in [1.54, 1.807) is 19.2 Å². The van der Waals surface area contributed by atoms with Gasteiger partial charge >= 0.3 is 0 Å². The second-order valence-electron chi connectivity index (χ2n) is 6.49. The number of hydrogen-bond donors (Lipinski definition) is 2. The summed E-state index contributed by atoms with van der Waals surface area (Å²) in [5.41, 5.74) is 9.17. The van der Waals surface area contributed by atoms with Crippen LogP contribution in [0.15, 0.2) is 71.5 Å². The zero-order valence-corrected chi connectivity index (χ0v) is 15.5. The first-order valence-electron chi connectivity index (χ1n) is 8.83. The number of phenolic OH excluding ortho intramolecular Hbond substituents is 1. The molecule has 0 saturated heterocycles. The van der Waals surface area contributed by atoms with Gasteiger partial charge in [-0.25, -0.2) is 4.98 Å². The van der Waals surface area contributed by atoms with Gasteiger partial charge in [-0.2, -0.15) is 0 Å². The van der Waals surface area contributed by atoms with E-state index in [1.165, 1.54) is 10.6 Å². The Morgan fingerprint density at radius 2 is 1.96 bits per heavy atom. The summed E-state index contributed by atoms with van der Waals surface area (Å²) in [6.07, 6.45) is 4.64. The number of nitrogen functional groups attached to an aromatic ring is 1. The number of aromatic hydroxyl groups is 1. The molecule has 0 amide bonds. The Kier molecular flexibility index (Phi) is 5.41. The maximum absolute atomic E-state index is 12.1. The van der Waals surface area contributed by atoms with Crippen LogP contribution in [0.3, 0.4) is 0 Å². The largest absolute Gasteiger partial charge is 0.507 e. The van der Waals surface area contributed by atoms with Crippen molar-refractivity contribution >= 4 is 5.95 Å². The van der Waals surface area contributed by atoms with Gasteiger partial charge in [-0.1, -0.05) is 54.6 Å². The molecule has 1 aromatic heterocycles. The van der Waals surface area contributed by atoms with Crippen LogP contribution in [-0.2, 0) is 13.5 Å². The molecule has 0 saturated carbocycles. The Labute approximate surface area is 158 Å². The Balaban J connectivity index is 1.96. The van der Waals surface area contributed by atoms with E-state index in [4.69, 9.17) is 5.73 Å². The summed E-state index contributed by atoms with van der Waals surface area (Å²) in [6, 6.07) is 16.8. The van der Waals surface area contributed by atoms with Crippen molar-refractivity contribution in [3.8, 4) is 16.9 Å². The quantitative estimate of drug-likeness (QED) is 0.680. The number of nitrogens with zero attached hydrogens (tertiary/aromatic N) is 2. The van der Waals surface area contributed by atoms with E-state index in [2.05, 4.69) is 11.1 Å². The van der Waals surface area contributed by atoms with Gasteiger partial charge in [-0.15, -0.1) is 0 Å². The minimum absolute atomic E-state index is 0.0641. The van der Waals surface area contributed by atoms with Crippen LogP contribution in [0, 0.1) is 0 Å². The Hall–Kier alpha value is -3.34. The highest BCUT2D eigenvalue weighted by Crippen LogP contribution is 2.30. The third-order valence-corrected chi connectivity index (χ3v) is 4.59. The molecule has 138 valence electrons. The molecule has 0 unspecified atom stereocenters. The average Bonchev–Trinajstić information content (AvgIpc) is 2.66. The van der Waals surface area contributed by atoms with Crippen LogP contribution >= 0.6 is 0 Å². The number of allylic oxidation sites excluding steroid dienone is 2. The Morgan fingerprint density at radius 1 is 1.19 bits per heavy atom. The van der Waals surface area contributed by atoms with Crippen LogP contribution in [0.2, 0.25) is 0 Å². The molecule has 3 N–H and O–H groups in total. The summed E-state index contributed by atoms with van der Waals surface area (Å²) in [6.45, 7) is 1.94. The molecule has 27 heavy (non-hydrogen) atoms. The van der Waals surface area contributed by atoms with Crippen molar-refractivity contribution in [2.24, 2.45) is 7.05 Å². The van der Waals surface area contributed by atoms with Crippen LogP contribution < -0.4 is 11.3 Å². The van der Waals surface area contributed by atoms with Gasteiger partial charge in [0.05, 0.1) is 5.69 Å². The van der Waals surface area contributed by atoms with Crippen LogP contribution in [0.25, 0.3) is 11.1 Å². The van der Waals surface area contributed by atoms with Crippen LogP contribution in [0.1, 0.15) is 24.1 Å². The van der Waals surface area contributed by atoms with Gasteiger partial charge in [0.25, 0.3) is 5.56 Å². The summed E-state index contributed by atoms with van der Waals surface area (Å²) in [4.78, 5) is 16.5. The van der Waals surface area contributed by atoms with Gasteiger partial charge in [0.2, 0.25) is 5.95 Å². The minimum Gasteiger partial charge on any atom is -0.507 e. The van der Waals surface area contributed by atoms with Crippen molar-refractivity contribution in [3.63, 3.8) is 0 Å². The molecule has 1 heterocycles. The summed E-state index contributed by atoms with van der Waals surface area (Å²) >= 11 is 0. The van der Waals surface area contributed by atoms with Gasteiger partial charge < -0.3 is 10.8 Å². The van der Waals surface area contributed by atoms with Crippen molar-refractivity contribution in [3.05, 3.63) is 88.4 Å². The van der Waals surface area contributed by atoms with Gasteiger partial charge in [-0.05, 0) is 30.5 Å². The number of hydrogen-bond acceptors (Lipinski definition) is 4. The fourth-order valence-electron chi connectivity index (χ4n) is 3.11. The van der Waals surface area contributed by atoms with Crippen molar-refractivity contribution in [1.29, 1.82) is 0 Å². The fourth-order valence-corrected chi connectivity index (χ4v) is 3.11. The lowest BCUT2D eigenvalue weighted by Gasteiger charge is -2.15. The van der Waals surface area contributed by atoms with Gasteiger partial charge in [0.15, 0.2) is 0 Å². The minimum atomic E-state index is -0.171. The number of aromatic nitrogens is 2. The predicted molar refractivity (Wildman–Crippen MR) is 109 cm³/mol. The molecule has 0 radical (unpaired) electrons. The van der Waals surface area contributed by atoms with Gasteiger partial charge in [0, 0.05) is 24.6 Å². The average molecular weight is 361 g/mol. The van der Waals surface area contributed by atoms with E-state index in [9.17, 15) is 9.90 Å². The number of benzene rings is 2. The second-order valence-corrected chi connectivity index (χ2v) is 6.49. The molecule has 5 nitrogen and oxygen atoms in total. The first-order chi connectivity index (χ1) is 13.0. The molecule has 2 aromatic carbocycles. The number of anilines is 1. The molecule has 3 rings (SSSR count). The lowest BCUT2D eigenvalue weighted by atomic mass is 9.93. The molecular formula is C22H23N3O2. The standard InChI is InChI=1S/C22H23N3O2/c1-3-7-17(19-14-21(27)25(2)22(23)24-19)13-15-8-6-9-16(12-15)18-10-4-5-11-20(18)26/h3-12,14,17,26H,13H2,1-2H3,(H2,23,24)/b7-3+/t17-/m0/s1. The molecular weight excluding hydrogens is 338 g/mol. The summed E-state index contributed by atoms with van der Waals surface area (Å²) in [5.74, 6) is 0.390. The highest BCUT2D eigenvalue weighted by Gasteiger charge is 2.14. The van der Waals surface area contributed by atoms with E-state index in [1.807, 2.05) is 49.4 Å². The molecule has 0 fully saturated rings. The van der Waals surface area contributed by atoms with E-state index in [0.717, 1.165) is 16.7 Å². The van der Waals surface area contributed by atoms with Crippen molar-refractivity contribution in [1.82, 2.24) is 9.55 Å². The molecule has 0 bridgehead atoms. The van der Waals surface area contributed by atoms with Crippen molar-refractivity contribution in [2.45, 2.75) is 19.3 Å². The normalized spacial score (nSPS) is 12.4. The van der Waals surface area contributed by atoms with Crippen LogP contribution in [-0.4, -0.2) is 14.7 Å². The van der Waals surface area contributed by atoms with E-state index < -0.39 is 0 Å². The Bertz CT molecular complexity index is 1040. The molecule has 0 aliphatic carbocycles. The molecule has 3 aromatic rings. The predicted octanol–water partition coefficient (Wildman–Crippen LogP) is 3.64. The van der Waals surface area contributed by atoms with E-state index in [-0.39, 0.29) is 23.2 Å². The summed E-state index contributed by atoms with van der Waals surface area (Å²) < 4.78 is 1.33. The zero-order chi connectivity index (χ0) is 19.4. The second kappa shape index (κ2) is 7.91. The molecule has 0 spiro atoms. The number of nitrogens with two attached hydrogens (primary N) is 1. The lowest BCUT2D eigenvalue weighted by Crippen LogP contribution is -2.22. The van der Waals surface area contributed by atoms with Crippen LogP contribution in [0.5, 0.6) is 5.75 Å².